The molecule has 0 saturated carbocycles. The number of hydrogen-bond donors (Lipinski definition) is 0. The molecule has 0 amide bonds. The molecule has 6 heteroatoms. The van der Waals surface area contributed by atoms with Crippen molar-refractivity contribution in [3.05, 3.63) is 24.3 Å². The molecule has 0 aromatic carbocycles. The van der Waals surface area contributed by atoms with Crippen molar-refractivity contribution in [1.82, 2.24) is 9.55 Å². The molecule has 1 aromatic rings. The third-order valence-electron chi connectivity index (χ3n) is 3.45. The van der Waals surface area contributed by atoms with E-state index in [0.29, 0.717) is 19.9 Å². The second kappa shape index (κ2) is 8.77. The molecular formula is C15H23LiN2O3. The van der Waals surface area contributed by atoms with E-state index in [1.165, 1.54) is 0 Å². The Morgan fingerprint density at radius 1 is 1.48 bits per heavy atom. The molecule has 0 N–H and O–H groups in total. The molecule has 0 aliphatic carbocycles. The first-order chi connectivity index (χ1) is 9.71. The maximum atomic E-state index is 5.96. The fraction of sp³-hybridized carbons (Fsp3) is 0.667. The van der Waals surface area contributed by atoms with Crippen LogP contribution in [0.2, 0.25) is 0 Å². The van der Waals surface area contributed by atoms with Crippen LogP contribution in [0.4, 0.5) is 0 Å². The maximum Gasteiger partial charge on any atom is 1.00 e. The zero-order valence-corrected chi connectivity index (χ0v) is 13.5. The summed E-state index contributed by atoms with van der Waals surface area (Å²) >= 11 is 0. The normalized spacial score (nSPS) is 20.8. The fourth-order valence-electron chi connectivity index (χ4n) is 2.16. The standard InChI is InChI=1S/C15H23N2O3.Li/c1-4-15(5-2)19-10-14(20-15)8-7-13-9-17(11-16-13)12-18-6-3;/h7-8,11,14H,4-6,10,12H2,1-3H3;/q-1;+1/b8-7+;/t14-;/m1./s1. The van der Waals surface area contributed by atoms with Gasteiger partial charge in [-0.3, -0.25) is 0 Å². The van der Waals surface area contributed by atoms with E-state index in [2.05, 4.69) is 25.0 Å². The Morgan fingerprint density at radius 2 is 2.24 bits per heavy atom. The van der Waals surface area contributed by atoms with Crippen LogP contribution in [-0.4, -0.2) is 34.7 Å². The average Bonchev–Trinajstić information content (AvgIpc) is 3.10. The monoisotopic (exact) mass is 286 g/mol. The molecule has 0 spiro atoms. The summed E-state index contributed by atoms with van der Waals surface area (Å²) in [7, 11) is 0. The van der Waals surface area contributed by atoms with Crippen LogP contribution < -0.4 is 18.9 Å². The van der Waals surface area contributed by atoms with Crippen molar-refractivity contribution < 1.29 is 33.1 Å². The Morgan fingerprint density at radius 3 is 2.86 bits per heavy atom. The van der Waals surface area contributed by atoms with Crippen LogP contribution in [0.3, 0.4) is 0 Å². The minimum absolute atomic E-state index is 0. The molecule has 112 valence electrons. The first kappa shape index (κ1) is 18.5. The van der Waals surface area contributed by atoms with E-state index in [0.717, 1.165) is 18.5 Å². The molecule has 2 rings (SSSR count). The first-order valence-electron chi connectivity index (χ1n) is 7.23. The number of hydrogen-bond acceptors (Lipinski definition) is 4. The average molecular weight is 286 g/mol. The van der Waals surface area contributed by atoms with Gasteiger partial charge < -0.3 is 23.8 Å². The number of rotatable bonds is 7. The van der Waals surface area contributed by atoms with Crippen LogP contribution in [0, 0.1) is 6.20 Å². The van der Waals surface area contributed by atoms with E-state index in [4.69, 9.17) is 14.2 Å². The van der Waals surface area contributed by atoms with Gasteiger partial charge in [-0.1, -0.05) is 20.0 Å². The van der Waals surface area contributed by atoms with Gasteiger partial charge >= 0.3 is 18.9 Å². The van der Waals surface area contributed by atoms with Crippen LogP contribution in [0.15, 0.2) is 12.4 Å². The molecule has 1 aromatic heterocycles. The van der Waals surface area contributed by atoms with Gasteiger partial charge in [0, 0.05) is 6.61 Å². The molecule has 0 bridgehead atoms. The van der Waals surface area contributed by atoms with Gasteiger partial charge in [0.2, 0.25) is 0 Å². The molecular weight excluding hydrogens is 263 g/mol. The summed E-state index contributed by atoms with van der Waals surface area (Å²) in [6.45, 7) is 7.88. The van der Waals surface area contributed by atoms with Crippen LogP contribution in [0.25, 0.3) is 6.08 Å². The molecule has 1 fully saturated rings. The second-order valence-electron chi connectivity index (χ2n) is 4.78. The van der Waals surface area contributed by atoms with Gasteiger partial charge in [0.25, 0.3) is 0 Å². The molecule has 1 aliphatic rings. The van der Waals surface area contributed by atoms with E-state index in [1.807, 2.05) is 19.1 Å². The zero-order chi connectivity index (χ0) is 14.4. The summed E-state index contributed by atoms with van der Waals surface area (Å²) in [6, 6.07) is 0. The molecule has 2 heterocycles. The van der Waals surface area contributed by atoms with Crippen molar-refractivity contribution in [3.8, 4) is 0 Å². The SMILES string of the molecule is CCOCn1[c-]c(/C=C/[C@@H]2COC(CC)(CC)O2)nc1.[Li+]. The number of imidazole rings is 1. The maximum absolute atomic E-state index is 5.96. The van der Waals surface area contributed by atoms with E-state index < -0.39 is 5.79 Å². The van der Waals surface area contributed by atoms with Gasteiger partial charge in [-0.15, -0.1) is 12.2 Å². The molecule has 1 atom stereocenters. The summed E-state index contributed by atoms with van der Waals surface area (Å²) in [5.41, 5.74) is 0.777. The summed E-state index contributed by atoms with van der Waals surface area (Å²) in [4.78, 5) is 4.25. The van der Waals surface area contributed by atoms with Gasteiger partial charge in [-0.05, 0) is 31.8 Å². The van der Waals surface area contributed by atoms with Crippen LogP contribution in [0.5, 0.6) is 0 Å². The van der Waals surface area contributed by atoms with Gasteiger partial charge in [0.1, 0.15) is 6.73 Å². The topological polar surface area (TPSA) is 45.5 Å². The van der Waals surface area contributed by atoms with E-state index in [9.17, 15) is 0 Å². The first-order valence-corrected chi connectivity index (χ1v) is 7.23. The Balaban J connectivity index is 0.00000220. The molecule has 5 nitrogen and oxygen atoms in total. The van der Waals surface area contributed by atoms with Gasteiger partial charge in [-0.2, -0.15) is 0 Å². The number of aromatic nitrogens is 2. The molecule has 21 heavy (non-hydrogen) atoms. The smallest absolute Gasteiger partial charge is 0.423 e. The predicted octanol–water partition coefficient (Wildman–Crippen LogP) is -0.374. The molecule has 0 unspecified atom stereocenters. The van der Waals surface area contributed by atoms with Crippen molar-refractivity contribution >= 4 is 6.08 Å². The van der Waals surface area contributed by atoms with Crippen LogP contribution in [0.1, 0.15) is 39.3 Å². The number of nitrogens with zero attached hydrogens (tertiary/aromatic N) is 2. The minimum atomic E-state index is -0.410. The van der Waals surface area contributed by atoms with Gasteiger partial charge in [0.05, 0.1) is 12.7 Å². The van der Waals surface area contributed by atoms with Gasteiger partial charge in [-0.25, -0.2) is 0 Å². The number of ether oxygens (including phenoxy) is 3. The predicted molar refractivity (Wildman–Crippen MR) is 75.9 cm³/mol. The van der Waals surface area contributed by atoms with E-state index in [-0.39, 0.29) is 25.0 Å². The Hall–Kier alpha value is -0.573. The molecule has 1 aliphatic heterocycles. The molecule has 0 radical (unpaired) electrons. The Bertz CT molecular complexity index is 444. The third kappa shape index (κ3) is 4.98. The van der Waals surface area contributed by atoms with Crippen LogP contribution >= 0.6 is 0 Å². The molecule has 1 saturated heterocycles. The summed E-state index contributed by atoms with van der Waals surface area (Å²) in [5, 5.41) is 0. The Labute approximate surface area is 138 Å². The summed E-state index contributed by atoms with van der Waals surface area (Å²) < 4.78 is 18.8. The zero-order valence-electron chi connectivity index (χ0n) is 13.5. The van der Waals surface area contributed by atoms with Crippen molar-refractivity contribution in [2.45, 2.75) is 52.2 Å². The largest absolute Gasteiger partial charge is 1.00 e. The van der Waals surface area contributed by atoms with E-state index >= 15 is 0 Å². The van der Waals surface area contributed by atoms with E-state index in [1.54, 1.807) is 10.9 Å². The Kier molecular flexibility index (Phi) is 7.72. The van der Waals surface area contributed by atoms with Crippen LogP contribution in [-0.2, 0) is 20.9 Å². The van der Waals surface area contributed by atoms with Crippen molar-refractivity contribution in [2.24, 2.45) is 0 Å². The quantitative estimate of drug-likeness (QED) is 0.507. The summed E-state index contributed by atoms with van der Waals surface area (Å²) in [5.74, 6) is -0.410. The summed E-state index contributed by atoms with van der Waals surface area (Å²) in [6.07, 6.45) is 10.4. The fourth-order valence-corrected chi connectivity index (χ4v) is 2.16. The third-order valence-corrected chi connectivity index (χ3v) is 3.45. The van der Waals surface area contributed by atoms with Crippen molar-refractivity contribution in [1.29, 1.82) is 0 Å². The minimum Gasteiger partial charge on any atom is -0.423 e. The second-order valence-corrected chi connectivity index (χ2v) is 4.78. The van der Waals surface area contributed by atoms with Gasteiger partial charge in [0.15, 0.2) is 5.79 Å². The van der Waals surface area contributed by atoms with Crippen molar-refractivity contribution in [2.75, 3.05) is 13.2 Å². The van der Waals surface area contributed by atoms with Crippen molar-refractivity contribution in [3.63, 3.8) is 0 Å².